The second kappa shape index (κ2) is 6.80. The van der Waals surface area contributed by atoms with Crippen molar-refractivity contribution in [2.75, 3.05) is 6.54 Å². The van der Waals surface area contributed by atoms with Crippen LogP contribution in [0.25, 0.3) is 11.0 Å². The van der Waals surface area contributed by atoms with E-state index in [0.29, 0.717) is 17.8 Å². The van der Waals surface area contributed by atoms with E-state index in [1.807, 2.05) is 30.5 Å². The van der Waals surface area contributed by atoms with Gasteiger partial charge in [-0.25, -0.2) is 4.98 Å². The van der Waals surface area contributed by atoms with Crippen molar-refractivity contribution in [1.29, 1.82) is 0 Å². The zero-order chi connectivity index (χ0) is 14.5. The van der Waals surface area contributed by atoms with Crippen molar-refractivity contribution in [3.8, 4) is 0 Å². The Bertz CT molecular complexity index is 541. The lowest BCUT2D eigenvalue weighted by Gasteiger charge is -2.25. The Hall–Kier alpha value is -1.48. The van der Waals surface area contributed by atoms with Gasteiger partial charge in [-0.05, 0) is 36.4 Å². The van der Waals surface area contributed by atoms with E-state index >= 15 is 0 Å². The van der Waals surface area contributed by atoms with Crippen LogP contribution >= 0.6 is 0 Å². The summed E-state index contributed by atoms with van der Waals surface area (Å²) in [5.74, 6) is 2.10. The molecule has 0 aliphatic rings. The van der Waals surface area contributed by atoms with Crippen LogP contribution in [0.2, 0.25) is 0 Å². The number of fused-ring (bicyclic) bond motifs is 1. The van der Waals surface area contributed by atoms with E-state index in [1.54, 1.807) is 0 Å². The number of rotatable bonds is 6. The van der Waals surface area contributed by atoms with Crippen LogP contribution in [0.3, 0.4) is 0 Å². The van der Waals surface area contributed by atoms with Crippen LogP contribution in [0.15, 0.2) is 30.5 Å². The first-order valence-electron chi connectivity index (χ1n) is 7.49. The molecule has 2 rings (SSSR count). The first-order chi connectivity index (χ1) is 9.58. The van der Waals surface area contributed by atoms with Gasteiger partial charge >= 0.3 is 0 Å². The van der Waals surface area contributed by atoms with Crippen LogP contribution in [0, 0.1) is 17.8 Å². The molecule has 1 heterocycles. The van der Waals surface area contributed by atoms with Crippen molar-refractivity contribution in [3.63, 3.8) is 0 Å². The molecule has 0 atom stereocenters. The Morgan fingerprint density at radius 3 is 2.30 bits per heavy atom. The molecule has 0 spiro atoms. The van der Waals surface area contributed by atoms with Crippen molar-refractivity contribution in [2.45, 2.75) is 34.2 Å². The topological polar surface area (TPSA) is 37.8 Å². The number of hydrogen-bond donors (Lipinski definition) is 1. The van der Waals surface area contributed by atoms with Crippen LogP contribution in [-0.2, 0) is 6.54 Å². The van der Waals surface area contributed by atoms with Gasteiger partial charge in [-0.2, -0.15) is 0 Å². The minimum atomic E-state index is 0.698. The minimum Gasteiger partial charge on any atom is -0.311 e. The van der Waals surface area contributed by atoms with Crippen LogP contribution in [0.1, 0.15) is 33.4 Å². The molecule has 1 aromatic carbocycles. The standard InChI is InChI=1S/C17H25N3/c1-12(2)15(13(3)4)11-18-9-14-10-19-16-7-5-6-8-17(16)20-14/h5-8,10,12-13,15,18H,9,11H2,1-4H3. The van der Waals surface area contributed by atoms with Gasteiger partial charge in [-0.15, -0.1) is 0 Å². The molecule has 1 N–H and O–H groups in total. The maximum absolute atomic E-state index is 4.64. The first-order valence-corrected chi connectivity index (χ1v) is 7.49. The van der Waals surface area contributed by atoms with Crippen LogP contribution in [0.5, 0.6) is 0 Å². The average Bonchev–Trinajstić information content (AvgIpc) is 2.42. The molecule has 0 saturated carbocycles. The first kappa shape index (κ1) is 14.9. The van der Waals surface area contributed by atoms with E-state index in [0.717, 1.165) is 29.8 Å². The Kier molecular flexibility index (Phi) is 5.07. The van der Waals surface area contributed by atoms with Gasteiger partial charge in [0, 0.05) is 6.54 Å². The van der Waals surface area contributed by atoms with E-state index in [9.17, 15) is 0 Å². The van der Waals surface area contributed by atoms with Crippen LogP contribution < -0.4 is 5.32 Å². The summed E-state index contributed by atoms with van der Waals surface area (Å²) in [5.41, 5.74) is 2.93. The minimum absolute atomic E-state index is 0.698. The molecular weight excluding hydrogens is 246 g/mol. The van der Waals surface area contributed by atoms with Crippen molar-refractivity contribution in [2.24, 2.45) is 17.8 Å². The van der Waals surface area contributed by atoms with Gasteiger partial charge in [0.1, 0.15) is 0 Å². The Balaban J connectivity index is 1.95. The van der Waals surface area contributed by atoms with E-state index < -0.39 is 0 Å². The lowest BCUT2D eigenvalue weighted by atomic mass is 9.85. The molecule has 3 nitrogen and oxygen atoms in total. The summed E-state index contributed by atoms with van der Waals surface area (Å²) in [7, 11) is 0. The molecular formula is C17H25N3. The fourth-order valence-electron chi connectivity index (χ4n) is 2.69. The number of nitrogens with zero attached hydrogens (tertiary/aromatic N) is 2. The second-order valence-electron chi connectivity index (χ2n) is 6.13. The second-order valence-corrected chi connectivity index (χ2v) is 6.13. The summed E-state index contributed by atoms with van der Waals surface area (Å²) >= 11 is 0. The lowest BCUT2D eigenvalue weighted by Crippen LogP contribution is -2.29. The summed E-state index contributed by atoms with van der Waals surface area (Å²) in [6.07, 6.45) is 1.87. The predicted octanol–water partition coefficient (Wildman–Crippen LogP) is 3.65. The highest BCUT2D eigenvalue weighted by Gasteiger charge is 2.16. The maximum Gasteiger partial charge on any atom is 0.0890 e. The Morgan fingerprint density at radius 1 is 1.00 bits per heavy atom. The normalized spacial score (nSPS) is 11.9. The number of para-hydroxylation sites is 2. The van der Waals surface area contributed by atoms with E-state index in [1.165, 1.54) is 0 Å². The van der Waals surface area contributed by atoms with Crippen LogP contribution in [0.4, 0.5) is 0 Å². The smallest absolute Gasteiger partial charge is 0.0890 e. The van der Waals surface area contributed by atoms with Gasteiger partial charge in [0.15, 0.2) is 0 Å². The molecule has 0 fully saturated rings. The van der Waals surface area contributed by atoms with Crippen LogP contribution in [-0.4, -0.2) is 16.5 Å². The molecule has 0 aliphatic carbocycles. The molecule has 0 saturated heterocycles. The zero-order valence-corrected chi connectivity index (χ0v) is 12.9. The summed E-state index contributed by atoms with van der Waals surface area (Å²) in [6, 6.07) is 8.00. The van der Waals surface area contributed by atoms with E-state index in [2.05, 4.69) is 43.0 Å². The van der Waals surface area contributed by atoms with Crippen molar-refractivity contribution < 1.29 is 0 Å². The molecule has 1 aromatic heterocycles. The number of benzene rings is 1. The molecule has 2 aromatic rings. The SMILES string of the molecule is CC(C)C(CNCc1cnc2ccccc2n1)C(C)C. The third kappa shape index (κ3) is 3.76. The largest absolute Gasteiger partial charge is 0.311 e. The summed E-state index contributed by atoms with van der Waals surface area (Å²) < 4.78 is 0. The number of hydrogen-bond acceptors (Lipinski definition) is 3. The summed E-state index contributed by atoms with van der Waals surface area (Å²) in [4.78, 5) is 9.08. The molecule has 0 radical (unpaired) electrons. The fourth-order valence-corrected chi connectivity index (χ4v) is 2.69. The average molecular weight is 271 g/mol. The third-order valence-electron chi connectivity index (χ3n) is 3.90. The molecule has 0 amide bonds. The highest BCUT2D eigenvalue weighted by Crippen LogP contribution is 2.19. The molecule has 3 heteroatoms. The quantitative estimate of drug-likeness (QED) is 0.871. The maximum atomic E-state index is 4.64. The monoisotopic (exact) mass is 271 g/mol. The Labute approximate surface area is 121 Å². The van der Waals surface area contributed by atoms with E-state index in [-0.39, 0.29) is 0 Å². The Morgan fingerprint density at radius 2 is 1.65 bits per heavy atom. The van der Waals surface area contributed by atoms with Gasteiger partial charge in [-0.1, -0.05) is 39.8 Å². The van der Waals surface area contributed by atoms with Gasteiger partial charge in [0.25, 0.3) is 0 Å². The highest BCUT2D eigenvalue weighted by atomic mass is 14.9. The number of nitrogens with one attached hydrogen (secondary N) is 1. The molecule has 20 heavy (non-hydrogen) atoms. The fraction of sp³-hybridized carbons (Fsp3) is 0.529. The summed E-state index contributed by atoms with van der Waals surface area (Å²) in [5, 5.41) is 3.53. The lowest BCUT2D eigenvalue weighted by molar-refractivity contribution is 0.275. The van der Waals surface area contributed by atoms with Gasteiger partial charge in [-0.3, -0.25) is 4.98 Å². The van der Waals surface area contributed by atoms with Gasteiger partial charge in [0.05, 0.1) is 22.9 Å². The van der Waals surface area contributed by atoms with Crippen molar-refractivity contribution >= 4 is 11.0 Å². The molecule has 0 aliphatic heterocycles. The van der Waals surface area contributed by atoms with E-state index in [4.69, 9.17) is 0 Å². The van der Waals surface area contributed by atoms with Gasteiger partial charge < -0.3 is 5.32 Å². The predicted molar refractivity (Wildman–Crippen MR) is 84.4 cm³/mol. The number of aromatic nitrogens is 2. The highest BCUT2D eigenvalue weighted by molar-refractivity contribution is 5.73. The molecule has 108 valence electrons. The third-order valence-corrected chi connectivity index (χ3v) is 3.90. The van der Waals surface area contributed by atoms with Crippen molar-refractivity contribution in [3.05, 3.63) is 36.2 Å². The summed E-state index contributed by atoms with van der Waals surface area (Å²) in [6.45, 7) is 11.0. The van der Waals surface area contributed by atoms with Crippen molar-refractivity contribution in [1.82, 2.24) is 15.3 Å². The van der Waals surface area contributed by atoms with Gasteiger partial charge in [0.2, 0.25) is 0 Å². The zero-order valence-electron chi connectivity index (χ0n) is 12.9. The molecule has 0 unspecified atom stereocenters. The molecule has 0 bridgehead atoms.